The molecule has 1 unspecified atom stereocenters. The standard InChI is InChI=1S/C25H26F3N7O4/c1-3-18-20(14-4-6-15(37-2)7-5-14)39-24(36)35(18)19-12-17(31-23(32-19)34-8-10-38-11-9-34)16-13-30-22(29)33-21(16)25(26,27)28/h4-7,12-13,18,20H,3,8-11H2,1-2H3,(H2,29,30,33)/t18?,20-/m0/s1. The fourth-order valence-electron chi connectivity index (χ4n) is 4.65. The molecule has 0 bridgehead atoms. The highest BCUT2D eigenvalue weighted by Crippen LogP contribution is 2.40. The number of ether oxygens (including phenoxy) is 3. The van der Waals surface area contributed by atoms with Gasteiger partial charge >= 0.3 is 12.3 Å². The van der Waals surface area contributed by atoms with E-state index in [1.807, 2.05) is 6.92 Å². The average molecular weight is 546 g/mol. The van der Waals surface area contributed by atoms with Gasteiger partial charge in [0.15, 0.2) is 5.69 Å². The Morgan fingerprint density at radius 2 is 1.85 bits per heavy atom. The van der Waals surface area contributed by atoms with Gasteiger partial charge in [0.05, 0.1) is 32.1 Å². The molecular formula is C25H26F3N7O4. The van der Waals surface area contributed by atoms with Crippen LogP contribution in [-0.4, -0.2) is 65.5 Å². The van der Waals surface area contributed by atoms with E-state index in [1.165, 1.54) is 11.0 Å². The number of hydrogen-bond acceptors (Lipinski definition) is 10. The van der Waals surface area contributed by atoms with Crippen LogP contribution in [0.5, 0.6) is 5.75 Å². The number of nitrogens with two attached hydrogens (primary N) is 1. The lowest BCUT2D eigenvalue weighted by atomic mass is 10.00. The number of nitrogen functional groups attached to an aromatic ring is 1. The monoisotopic (exact) mass is 545 g/mol. The van der Waals surface area contributed by atoms with E-state index in [-0.39, 0.29) is 23.0 Å². The van der Waals surface area contributed by atoms with Gasteiger partial charge < -0.3 is 24.8 Å². The van der Waals surface area contributed by atoms with Gasteiger partial charge in [0.2, 0.25) is 11.9 Å². The van der Waals surface area contributed by atoms with Crippen LogP contribution in [0.3, 0.4) is 0 Å². The predicted octanol–water partition coefficient (Wildman–Crippen LogP) is 3.86. The van der Waals surface area contributed by atoms with Crippen LogP contribution in [-0.2, 0) is 15.7 Å². The molecule has 1 aromatic carbocycles. The second-order valence-corrected chi connectivity index (χ2v) is 8.92. The number of rotatable bonds is 6. The fraction of sp³-hybridized carbons (Fsp3) is 0.400. The van der Waals surface area contributed by atoms with Gasteiger partial charge in [-0.05, 0) is 24.1 Å². The van der Waals surface area contributed by atoms with Gasteiger partial charge in [0.25, 0.3) is 0 Å². The smallest absolute Gasteiger partial charge is 0.434 e. The van der Waals surface area contributed by atoms with Crippen molar-refractivity contribution in [3.63, 3.8) is 0 Å². The molecule has 0 aliphatic carbocycles. The quantitative estimate of drug-likeness (QED) is 0.488. The van der Waals surface area contributed by atoms with Gasteiger partial charge in [-0.2, -0.15) is 18.2 Å². The maximum atomic E-state index is 13.9. The van der Waals surface area contributed by atoms with E-state index in [2.05, 4.69) is 19.9 Å². The third-order valence-electron chi connectivity index (χ3n) is 6.56. The van der Waals surface area contributed by atoms with Crippen molar-refractivity contribution >= 4 is 23.8 Å². The Kier molecular flexibility index (Phi) is 7.12. The summed E-state index contributed by atoms with van der Waals surface area (Å²) in [6.07, 6.45) is -4.68. The van der Waals surface area contributed by atoms with Crippen LogP contribution in [0.2, 0.25) is 0 Å². The summed E-state index contributed by atoms with van der Waals surface area (Å²) in [7, 11) is 1.55. The van der Waals surface area contributed by atoms with Gasteiger partial charge in [-0.15, -0.1) is 0 Å². The van der Waals surface area contributed by atoms with Gasteiger partial charge in [-0.3, -0.25) is 4.90 Å². The molecule has 11 nitrogen and oxygen atoms in total. The van der Waals surface area contributed by atoms with Crippen LogP contribution in [0.25, 0.3) is 11.3 Å². The molecule has 0 spiro atoms. The lowest BCUT2D eigenvalue weighted by Crippen LogP contribution is -2.39. The minimum atomic E-state index is -4.82. The zero-order valence-corrected chi connectivity index (χ0v) is 21.2. The van der Waals surface area contributed by atoms with E-state index in [9.17, 15) is 18.0 Å². The number of aromatic nitrogens is 4. The summed E-state index contributed by atoms with van der Waals surface area (Å²) in [5.41, 5.74) is 4.48. The molecule has 2 fully saturated rings. The number of cyclic esters (lactones) is 1. The second-order valence-electron chi connectivity index (χ2n) is 8.92. The molecule has 3 aromatic rings. The Balaban J connectivity index is 1.62. The van der Waals surface area contributed by atoms with E-state index < -0.39 is 36.1 Å². The maximum absolute atomic E-state index is 13.9. The summed E-state index contributed by atoms with van der Waals surface area (Å²) in [5, 5.41) is 0. The SMILES string of the molecule is CCC1[C@H](c2ccc(OC)cc2)OC(=O)N1c1cc(-c2cnc(N)nc2C(F)(F)F)nc(N2CCOCC2)n1. The zero-order chi connectivity index (χ0) is 27.7. The molecule has 14 heteroatoms. The average Bonchev–Trinajstić information content (AvgIpc) is 3.28. The number of halogens is 3. The number of hydrogen-bond donors (Lipinski definition) is 1. The van der Waals surface area contributed by atoms with Crippen molar-refractivity contribution in [3.8, 4) is 17.0 Å². The first-order valence-corrected chi connectivity index (χ1v) is 12.2. The van der Waals surface area contributed by atoms with Crippen molar-refractivity contribution < 1.29 is 32.2 Å². The third kappa shape index (κ3) is 5.24. The van der Waals surface area contributed by atoms with E-state index >= 15 is 0 Å². The molecule has 2 saturated heterocycles. The van der Waals surface area contributed by atoms with Crippen molar-refractivity contribution in [3.05, 3.63) is 47.8 Å². The Morgan fingerprint density at radius 3 is 2.49 bits per heavy atom. The second kappa shape index (κ2) is 10.5. The normalized spacial score (nSPS) is 19.8. The Morgan fingerprint density at radius 1 is 1.13 bits per heavy atom. The van der Waals surface area contributed by atoms with E-state index in [1.54, 1.807) is 36.3 Å². The fourth-order valence-corrected chi connectivity index (χ4v) is 4.65. The van der Waals surface area contributed by atoms with Crippen LogP contribution < -0.4 is 20.3 Å². The van der Waals surface area contributed by atoms with Crippen molar-refractivity contribution in [1.82, 2.24) is 19.9 Å². The summed E-state index contributed by atoms with van der Waals surface area (Å²) < 4.78 is 58.2. The van der Waals surface area contributed by atoms with Crippen LogP contribution in [0.1, 0.15) is 30.7 Å². The molecule has 2 N–H and O–H groups in total. The third-order valence-corrected chi connectivity index (χ3v) is 6.56. The topological polar surface area (TPSA) is 129 Å². The molecular weight excluding hydrogens is 519 g/mol. The van der Waals surface area contributed by atoms with Gasteiger partial charge in [-0.1, -0.05) is 19.1 Å². The number of alkyl halides is 3. The number of anilines is 3. The molecule has 5 rings (SSSR count). The maximum Gasteiger partial charge on any atom is 0.434 e. The Hall–Kier alpha value is -4.20. The van der Waals surface area contributed by atoms with E-state index in [0.717, 1.165) is 11.8 Å². The predicted molar refractivity (Wildman–Crippen MR) is 134 cm³/mol. The van der Waals surface area contributed by atoms with Crippen LogP contribution in [0.15, 0.2) is 36.5 Å². The summed E-state index contributed by atoms with van der Waals surface area (Å²) in [5.74, 6) is 0.366. The highest BCUT2D eigenvalue weighted by Gasteiger charge is 2.44. The number of amides is 1. The number of morpholine rings is 1. The molecule has 2 atom stereocenters. The first-order valence-electron chi connectivity index (χ1n) is 12.2. The number of carbonyl (C=O) groups excluding carboxylic acids is 1. The minimum absolute atomic E-state index is 0.0966. The first-order chi connectivity index (χ1) is 18.7. The van der Waals surface area contributed by atoms with Crippen LogP contribution >= 0.6 is 0 Å². The summed E-state index contributed by atoms with van der Waals surface area (Å²) in [6.45, 7) is 3.51. The highest BCUT2D eigenvalue weighted by molar-refractivity contribution is 5.90. The summed E-state index contributed by atoms with van der Waals surface area (Å²) in [4.78, 5) is 32.6. The van der Waals surface area contributed by atoms with Gasteiger partial charge in [0, 0.05) is 30.9 Å². The number of benzene rings is 1. The lowest BCUT2D eigenvalue weighted by Gasteiger charge is -2.29. The van der Waals surface area contributed by atoms with Crippen molar-refractivity contribution in [2.24, 2.45) is 0 Å². The largest absolute Gasteiger partial charge is 0.497 e. The minimum Gasteiger partial charge on any atom is -0.497 e. The summed E-state index contributed by atoms with van der Waals surface area (Å²) in [6, 6.07) is 7.95. The number of carbonyl (C=O) groups is 1. The summed E-state index contributed by atoms with van der Waals surface area (Å²) >= 11 is 0. The number of nitrogens with zero attached hydrogens (tertiary/aromatic N) is 6. The van der Waals surface area contributed by atoms with Gasteiger partial charge in [0.1, 0.15) is 17.7 Å². The van der Waals surface area contributed by atoms with E-state index in [4.69, 9.17) is 19.9 Å². The molecule has 206 valence electrons. The van der Waals surface area contributed by atoms with Crippen molar-refractivity contribution in [1.29, 1.82) is 0 Å². The first kappa shape index (κ1) is 26.4. The number of methoxy groups -OCH3 is 1. The molecule has 0 saturated carbocycles. The molecule has 2 aromatic heterocycles. The van der Waals surface area contributed by atoms with E-state index in [0.29, 0.717) is 38.5 Å². The van der Waals surface area contributed by atoms with Crippen molar-refractivity contribution in [2.75, 3.05) is 48.9 Å². The van der Waals surface area contributed by atoms with Crippen molar-refractivity contribution in [2.45, 2.75) is 31.7 Å². The molecule has 2 aliphatic heterocycles. The van der Waals surface area contributed by atoms with Crippen LogP contribution in [0.4, 0.5) is 35.7 Å². The highest BCUT2D eigenvalue weighted by atomic mass is 19.4. The molecule has 0 radical (unpaired) electrons. The Labute approximate surface area is 221 Å². The van der Waals surface area contributed by atoms with Gasteiger partial charge in [-0.25, -0.2) is 19.7 Å². The van der Waals surface area contributed by atoms with Crippen LogP contribution in [0, 0.1) is 0 Å². The molecule has 1 amide bonds. The molecule has 39 heavy (non-hydrogen) atoms. The molecule has 4 heterocycles. The molecule has 2 aliphatic rings. The Bertz CT molecular complexity index is 1350. The zero-order valence-electron chi connectivity index (χ0n) is 21.2. The lowest BCUT2D eigenvalue weighted by molar-refractivity contribution is -0.140.